The van der Waals surface area contributed by atoms with Crippen LogP contribution >= 0.6 is 0 Å². The van der Waals surface area contributed by atoms with Crippen molar-refractivity contribution in [1.29, 1.82) is 0 Å². The summed E-state index contributed by atoms with van der Waals surface area (Å²) in [6.07, 6.45) is 3.20. The van der Waals surface area contributed by atoms with Gasteiger partial charge in [0.25, 0.3) is 5.91 Å². The van der Waals surface area contributed by atoms with Gasteiger partial charge in [0, 0.05) is 31.2 Å². The van der Waals surface area contributed by atoms with Crippen molar-refractivity contribution in [2.45, 2.75) is 59.1 Å². The average Bonchev–Trinajstić information content (AvgIpc) is 3.20. The number of hydrogen-bond acceptors (Lipinski definition) is 4. The van der Waals surface area contributed by atoms with Gasteiger partial charge >= 0.3 is 6.09 Å². The minimum absolute atomic E-state index is 0.0225. The first-order chi connectivity index (χ1) is 14.7. The number of ether oxygens (including phenoxy) is 1. The van der Waals surface area contributed by atoms with E-state index in [-0.39, 0.29) is 24.0 Å². The summed E-state index contributed by atoms with van der Waals surface area (Å²) in [5, 5.41) is 7.09. The van der Waals surface area contributed by atoms with E-state index in [0.29, 0.717) is 25.2 Å². The standard InChI is InChI=1S/C24H34N4O3/c1-17(2)28(23(30)31-24(3,4)5)16-18-10-9-13-27(15-18)22(29)20-14-25-26-21(20)19-11-7-6-8-12-19/h6-8,11-12,14,17-18H,9-10,13,15-16H2,1-5H3,(H,25,26). The Morgan fingerprint density at radius 3 is 2.61 bits per heavy atom. The van der Waals surface area contributed by atoms with Gasteiger partial charge in [-0.3, -0.25) is 9.89 Å². The first kappa shape index (κ1) is 22.8. The van der Waals surface area contributed by atoms with Crippen LogP contribution in [0, 0.1) is 5.92 Å². The van der Waals surface area contributed by atoms with Crippen LogP contribution < -0.4 is 0 Å². The highest BCUT2D eigenvalue weighted by Gasteiger charge is 2.31. The molecule has 1 aromatic carbocycles. The van der Waals surface area contributed by atoms with E-state index >= 15 is 0 Å². The molecule has 1 aliphatic heterocycles. The van der Waals surface area contributed by atoms with Crippen molar-refractivity contribution in [2.75, 3.05) is 19.6 Å². The smallest absolute Gasteiger partial charge is 0.410 e. The Bertz CT molecular complexity index is 886. The predicted molar refractivity (Wildman–Crippen MR) is 121 cm³/mol. The van der Waals surface area contributed by atoms with Gasteiger partial charge in [-0.25, -0.2) is 4.79 Å². The lowest BCUT2D eigenvalue weighted by Gasteiger charge is -2.37. The number of aromatic amines is 1. The summed E-state index contributed by atoms with van der Waals surface area (Å²) in [6.45, 7) is 11.5. The second-order valence-electron chi connectivity index (χ2n) is 9.51. The fraction of sp³-hybridized carbons (Fsp3) is 0.542. The quantitative estimate of drug-likeness (QED) is 0.759. The van der Waals surface area contributed by atoms with Crippen LogP contribution in [0.1, 0.15) is 57.8 Å². The van der Waals surface area contributed by atoms with Gasteiger partial charge in [-0.2, -0.15) is 5.10 Å². The molecule has 1 atom stereocenters. The Labute approximate surface area is 184 Å². The van der Waals surface area contributed by atoms with E-state index in [0.717, 1.165) is 24.1 Å². The van der Waals surface area contributed by atoms with Crippen LogP contribution in [0.15, 0.2) is 36.5 Å². The Kier molecular flexibility index (Phi) is 7.03. The normalized spacial score (nSPS) is 17.0. The van der Waals surface area contributed by atoms with Crippen LogP contribution in [0.5, 0.6) is 0 Å². The molecule has 0 bridgehead atoms. The Balaban J connectivity index is 1.70. The van der Waals surface area contributed by atoms with Gasteiger partial charge in [-0.05, 0) is 53.4 Å². The summed E-state index contributed by atoms with van der Waals surface area (Å²) in [4.78, 5) is 29.7. The van der Waals surface area contributed by atoms with Gasteiger partial charge in [0.2, 0.25) is 0 Å². The number of nitrogens with zero attached hydrogens (tertiary/aromatic N) is 3. The van der Waals surface area contributed by atoms with Crippen LogP contribution in [0.2, 0.25) is 0 Å². The molecule has 1 aliphatic rings. The Morgan fingerprint density at radius 2 is 1.97 bits per heavy atom. The Morgan fingerprint density at radius 1 is 1.26 bits per heavy atom. The molecule has 7 heteroatoms. The van der Waals surface area contributed by atoms with Gasteiger partial charge in [-0.1, -0.05) is 30.3 Å². The first-order valence-electron chi connectivity index (χ1n) is 11.0. The summed E-state index contributed by atoms with van der Waals surface area (Å²) in [5.41, 5.74) is 1.73. The number of amides is 2. The van der Waals surface area contributed by atoms with Gasteiger partial charge in [0.15, 0.2) is 0 Å². The third-order valence-electron chi connectivity index (χ3n) is 5.44. The number of carbonyl (C=O) groups is 2. The molecule has 2 aromatic rings. The maximum atomic E-state index is 13.3. The van der Waals surface area contributed by atoms with Crippen LogP contribution in [0.4, 0.5) is 4.79 Å². The van der Waals surface area contributed by atoms with Gasteiger partial charge in [-0.15, -0.1) is 0 Å². The number of rotatable bonds is 5. The molecule has 7 nitrogen and oxygen atoms in total. The second kappa shape index (κ2) is 9.54. The molecular formula is C24H34N4O3. The zero-order valence-corrected chi connectivity index (χ0v) is 19.2. The monoisotopic (exact) mass is 426 g/mol. The minimum Gasteiger partial charge on any atom is -0.444 e. The highest BCUT2D eigenvalue weighted by molar-refractivity contribution is 5.99. The van der Waals surface area contributed by atoms with E-state index in [1.165, 1.54) is 0 Å². The lowest BCUT2D eigenvalue weighted by Crippen LogP contribution is -2.48. The number of benzene rings is 1. The third kappa shape index (κ3) is 5.87. The number of aromatic nitrogens is 2. The van der Waals surface area contributed by atoms with E-state index in [4.69, 9.17) is 4.74 Å². The van der Waals surface area contributed by atoms with Gasteiger partial charge in [0.1, 0.15) is 5.60 Å². The third-order valence-corrected chi connectivity index (χ3v) is 5.44. The molecule has 1 N–H and O–H groups in total. The summed E-state index contributed by atoms with van der Waals surface area (Å²) < 4.78 is 5.59. The summed E-state index contributed by atoms with van der Waals surface area (Å²) in [5.74, 6) is 0.186. The van der Waals surface area contributed by atoms with E-state index in [2.05, 4.69) is 10.2 Å². The maximum Gasteiger partial charge on any atom is 0.410 e. The van der Waals surface area contributed by atoms with Crippen molar-refractivity contribution in [3.63, 3.8) is 0 Å². The molecule has 0 aliphatic carbocycles. The highest BCUT2D eigenvalue weighted by atomic mass is 16.6. The van der Waals surface area contributed by atoms with Crippen LogP contribution in [0.25, 0.3) is 11.3 Å². The zero-order valence-electron chi connectivity index (χ0n) is 19.2. The molecule has 1 aromatic heterocycles. The fourth-order valence-electron chi connectivity index (χ4n) is 3.94. The SMILES string of the molecule is CC(C)N(CC1CCCN(C(=O)c2cn[nH]c2-c2ccccc2)C1)C(=O)OC(C)(C)C. The average molecular weight is 427 g/mol. The number of hydrogen-bond donors (Lipinski definition) is 1. The summed E-state index contributed by atoms with van der Waals surface area (Å²) in [7, 11) is 0. The fourth-order valence-corrected chi connectivity index (χ4v) is 3.94. The minimum atomic E-state index is -0.534. The summed E-state index contributed by atoms with van der Waals surface area (Å²) in [6, 6.07) is 9.79. The van der Waals surface area contributed by atoms with Crippen molar-refractivity contribution in [2.24, 2.45) is 5.92 Å². The molecule has 2 amide bonds. The van der Waals surface area contributed by atoms with Crippen molar-refractivity contribution in [1.82, 2.24) is 20.0 Å². The zero-order chi connectivity index (χ0) is 22.6. The number of nitrogens with one attached hydrogen (secondary N) is 1. The van der Waals surface area contributed by atoms with Crippen molar-refractivity contribution in [3.8, 4) is 11.3 Å². The van der Waals surface area contributed by atoms with E-state index in [1.807, 2.05) is 69.9 Å². The van der Waals surface area contributed by atoms with Crippen LogP contribution in [0.3, 0.4) is 0 Å². The van der Waals surface area contributed by atoms with E-state index in [9.17, 15) is 9.59 Å². The lowest BCUT2D eigenvalue weighted by atomic mass is 9.96. The molecular weight excluding hydrogens is 392 g/mol. The van der Waals surface area contributed by atoms with Crippen LogP contribution in [-0.4, -0.2) is 63.3 Å². The van der Waals surface area contributed by atoms with Crippen molar-refractivity contribution >= 4 is 12.0 Å². The van der Waals surface area contributed by atoms with Gasteiger partial charge in [0.05, 0.1) is 17.5 Å². The van der Waals surface area contributed by atoms with E-state index < -0.39 is 5.60 Å². The van der Waals surface area contributed by atoms with Crippen molar-refractivity contribution in [3.05, 3.63) is 42.1 Å². The molecule has 0 radical (unpaired) electrons. The predicted octanol–water partition coefficient (Wildman–Crippen LogP) is 4.57. The first-order valence-corrected chi connectivity index (χ1v) is 11.0. The second-order valence-corrected chi connectivity index (χ2v) is 9.51. The number of H-pyrrole nitrogens is 1. The Hall–Kier alpha value is -2.83. The van der Waals surface area contributed by atoms with Crippen LogP contribution in [-0.2, 0) is 4.74 Å². The number of piperidine rings is 1. The molecule has 2 heterocycles. The molecule has 3 rings (SSSR count). The highest BCUT2D eigenvalue weighted by Crippen LogP contribution is 2.26. The molecule has 1 unspecified atom stereocenters. The van der Waals surface area contributed by atoms with E-state index in [1.54, 1.807) is 11.1 Å². The molecule has 31 heavy (non-hydrogen) atoms. The lowest BCUT2D eigenvalue weighted by molar-refractivity contribution is 0.0124. The largest absolute Gasteiger partial charge is 0.444 e. The molecule has 1 fully saturated rings. The molecule has 0 saturated carbocycles. The topological polar surface area (TPSA) is 78.5 Å². The number of carbonyl (C=O) groups excluding carboxylic acids is 2. The molecule has 168 valence electrons. The van der Waals surface area contributed by atoms with Crippen molar-refractivity contribution < 1.29 is 14.3 Å². The number of likely N-dealkylation sites (tertiary alicyclic amines) is 1. The maximum absolute atomic E-state index is 13.3. The molecule has 0 spiro atoms. The van der Waals surface area contributed by atoms with Gasteiger partial charge < -0.3 is 14.5 Å². The summed E-state index contributed by atoms with van der Waals surface area (Å²) >= 11 is 0. The molecule has 1 saturated heterocycles.